The summed E-state index contributed by atoms with van der Waals surface area (Å²) in [5, 5.41) is 11.7. The van der Waals surface area contributed by atoms with Crippen LogP contribution in [0.15, 0.2) is 40.9 Å². The number of anilines is 3. The zero-order valence-electron chi connectivity index (χ0n) is 14.5. The van der Waals surface area contributed by atoms with E-state index in [1.54, 1.807) is 0 Å². The van der Waals surface area contributed by atoms with Crippen molar-refractivity contribution in [2.24, 2.45) is 0 Å². The molecule has 6 N–H and O–H groups in total. The molecule has 0 aliphatic rings. The lowest BCUT2D eigenvalue weighted by molar-refractivity contribution is -0.134. The summed E-state index contributed by atoms with van der Waals surface area (Å²) in [6, 6.07) is 12.0. The maximum atomic E-state index is 9.00. The van der Waals surface area contributed by atoms with Crippen LogP contribution in [-0.4, -0.2) is 21.0 Å². The second-order valence-corrected chi connectivity index (χ2v) is 6.51. The Balaban J connectivity index is 0.000000552. The third kappa shape index (κ3) is 5.06. The van der Waals surface area contributed by atoms with Gasteiger partial charge in [0.05, 0.1) is 5.52 Å². The highest BCUT2D eigenvalue weighted by Gasteiger charge is 2.09. The standard InChI is InChI=1S/C16H16BrN5.C2H4O2/c1-9-10(8-20-12-4-2-3-11(17)7-12)5-6-13-14(9)15(18)22-16(19)21-13;1-2(3)4/h2-7,20H,8H2,1H3,(H4,18,19,21,22);1H3,(H,3,4). The molecule has 0 aliphatic carbocycles. The minimum Gasteiger partial charge on any atom is -0.481 e. The monoisotopic (exact) mass is 417 g/mol. The lowest BCUT2D eigenvalue weighted by Crippen LogP contribution is -2.05. The summed E-state index contributed by atoms with van der Waals surface area (Å²) < 4.78 is 1.04. The predicted molar refractivity (Wildman–Crippen MR) is 108 cm³/mol. The van der Waals surface area contributed by atoms with Crippen LogP contribution < -0.4 is 16.8 Å². The van der Waals surface area contributed by atoms with Gasteiger partial charge in [-0.2, -0.15) is 4.98 Å². The summed E-state index contributed by atoms with van der Waals surface area (Å²) in [7, 11) is 0. The van der Waals surface area contributed by atoms with Crippen LogP contribution in [0.3, 0.4) is 0 Å². The summed E-state index contributed by atoms with van der Waals surface area (Å²) >= 11 is 3.47. The molecule has 3 aromatic rings. The number of hydrogen-bond acceptors (Lipinski definition) is 6. The highest BCUT2D eigenvalue weighted by atomic mass is 79.9. The van der Waals surface area contributed by atoms with E-state index in [4.69, 9.17) is 21.4 Å². The van der Waals surface area contributed by atoms with E-state index in [2.05, 4.69) is 31.2 Å². The SMILES string of the molecule is CC(=O)O.Cc1c(CNc2cccc(Br)c2)ccc2nc(N)nc(N)c12. The number of benzene rings is 2. The molecule has 0 bridgehead atoms. The predicted octanol–water partition coefficient (Wildman–Crippen LogP) is 3.57. The highest BCUT2D eigenvalue weighted by molar-refractivity contribution is 9.10. The average Bonchev–Trinajstić information content (AvgIpc) is 2.53. The third-order valence-electron chi connectivity index (χ3n) is 3.59. The van der Waals surface area contributed by atoms with Crippen LogP contribution >= 0.6 is 15.9 Å². The first-order valence-electron chi connectivity index (χ1n) is 7.78. The van der Waals surface area contributed by atoms with Gasteiger partial charge in [0.15, 0.2) is 0 Å². The summed E-state index contributed by atoms with van der Waals surface area (Å²) in [5.74, 6) is -0.214. The molecule has 136 valence electrons. The molecule has 0 saturated heterocycles. The molecule has 0 atom stereocenters. The van der Waals surface area contributed by atoms with Crippen molar-refractivity contribution in [3.63, 3.8) is 0 Å². The smallest absolute Gasteiger partial charge is 0.300 e. The Hall–Kier alpha value is -2.87. The normalized spacial score (nSPS) is 10.1. The van der Waals surface area contributed by atoms with Crippen molar-refractivity contribution in [3.05, 3.63) is 52.0 Å². The van der Waals surface area contributed by atoms with E-state index in [-0.39, 0.29) is 5.95 Å². The van der Waals surface area contributed by atoms with Crippen molar-refractivity contribution in [2.75, 3.05) is 16.8 Å². The van der Waals surface area contributed by atoms with Crippen molar-refractivity contribution in [1.82, 2.24) is 9.97 Å². The number of aromatic nitrogens is 2. The lowest BCUT2D eigenvalue weighted by atomic mass is 10.0. The van der Waals surface area contributed by atoms with E-state index in [0.717, 1.165) is 39.1 Å². The van der Waals surface area contributed by atoms with Gasteiger partial charge >= 0.3 is 0 Å². The summed E-state index contributed by atoms with van der Waals surface area (Å²) in [6.07, 6.45) is 0. The van der Waals surface area contributed by atoms with E-state index in [0.29, 0.717) is 12.4 Å². The third-order valence-corrected chi connectivity index (χ3v) is 4.08. The molecule has 0 fully saturated rings. The van der Waals surface area contributed by atoms with Crippen LogP contribution in [0.25, 0.3) is 10.9 Å². The van der Waals surface area contributed by atoms with Gasteiger partial charge < -0.3 is 21.9 Å². The molecule has 1 heterocycles. The first-order chi connectivity index (χ1) is 12.3. The maximum absolute atomic E-state index is 9.00. The van der Waals surface area contributed by atoms with Gasteiger partial charge in [-0.1, -0.05) is 28.1 Å². The molecule has 0 aliphatic heterocycles. The topological polar surface area (TPSA) is 127 Å². The number of aryl methyl sites for hydroxylation is 1. The number of carboxylic acid groups (broad SMARTS) is 1. The number of nitrogen functional groups attached to an aromatic ring is 2. The molecule has 0 unspecified atom stereocenters. The maximum Gasteiger partial charge on any atom is 0.300 e. The van der Waals surface area contributed by atoms with E-state index in [1.165, 1.54) is 0 Å². The Bertz CT molecular complexity index is 942. The van der Waals surface area contributed by atoms with Crippen LogP contribution in [0.1, 0.15) is 18.1 Å². The molecule has 2 aromatic carbocycles. The van der Waals surface area contributed by atoms with E-state index in [1.807, 2.05) is 43.3 Å². The van der Waals surface area contributed by atoms with Gasteiger partial charge in [-0.05, 0) is 42.3 Å². The fraction of sp³-hybridized carbons (Fsp3) is 0.167. The van der Waals surface area contributed by atoms with Crippen molar-refractivity contribution in [3.8, 4) is 0 Å². The molecule has 0 amide bonds. The van der Waals surface area contributed by atoms with Crippen LogP contribution in [0.5, 0.6) is 0 Å². The second-order valence-electron chi connectivity index (χ2n) is 5.59. The molecule has 0 spiro atoms. The Morgan fingerprint density at radius 3 is 2.58 bits per heavy atom. The Morgan fingerprint density at radius 1 is 1.23 bits per heavy atom. The minimum absolute atomic E-state index is 0.199. The zero-order chi connectivity index (χ0) is 19.3. The molecule has 0 radical (unpaired) electrons. The first-order valence-corrected chi connectivity index (χ1v) is 8.57. The van der Waals surface area contributed by atoms with Gasteiger partial charge in [0.25, 0.3) is 5.97 Å². The molecule has 26 heavy (non-hydrogen) atoms. The number of nitrogens with two attached hydrogens (primary N) is 2. The van der Waals surface area contributed by atoms with E-state index < -0.39 is 5.97 Å². The number of aliphatic carboxylic acids is 1. The molecular formula is C18H20BrN5O2. The van der Waals surface area contributed by atoms with Gasteiger partial charge in [0.2, 0.25) is 5.95 Å². The molecule has 1 aromatic heterocycles. The van der Waals surface area contributed by atoms with Crippen molar-refractivity contribution >= 4 is 50.3 Å². The van der Waals surface area contributed by atoms with E-state index >= 15 is 0 Å². The van der Waals surface area contributed by atoms with E-state index in [9.17, 15) is 0 Å². The summed E-state index contributed by atoms with van der Waals surface area (Å²) in [5.41, 5.74) is 15.7. The number of halogens is 1. The van der Waals surface area contributed by atoms with Gasteiger partial charge in [0.1, 0.15) is 5.82 Å². The Labute approximate surface area is 159 Å². The fourth-order valence-corrected chi connectivity index (χ4v) is 2.87. The number of carbonyl (C=O) groups is 1. The number of nitrogens with one attached hydrogen (secondary N) is 1. The average molecular weight is 418 g/mol. The van der Waals surface area contributed by atoms with Crippen molar-refractivity contribution in [1.29, 1.82) is 0 Å². The van der Waals surface area contributed by atoms with Gasteiger partial charge in [-0.25, -0.2) is 4.98 Å². The van der Waals surface area contributed by atoms with Crippen LogP contribution in [0.2, 0.25) is 0 Å². The zero-order valence-corrected chi connectivity index (χ0v) is 16.0. The highest BCUT2D eigenvalue weighted by Crippen LogP contribution is 2.26. The van der Waals surface area contributed by atoms with Gasteiger partial charge in [-0.15, -0.1) is 0 Å². The fourth-order valence-electron chi connectivity index (χ4n) is 2.47. The molecule has 8 heteroatoms. The second kappa shape index (κ2) is 8.48. The Morgan fingerprint density at radius 2 is 1.92 bits per heavy atom. The van der Waals surface area contributed by atoms with Crippen LogP contribution in [0, 0.1) is 6.92 Å². The van der Waals surface area contributed by atoms with Gasteiger partial charge in [0, 0.05) is 29.0 Å². The Kier molecular flexibility index (Phi) is 6.35. The van der Waals surface area contributed by atoms with Crippen LogP contribution in [0.4, 0.5) is 17.5 Å². The number of nitrogens with zero attached hydrogens (tertiary/aromatic N) is 2. The number of carboxylic acids is 1. The number of rotatable bonds is 3. The summed E-state index contributed by atoms with van der Waals surface area (Å²) in [6.45, 7) is 3.80. The largest absolute Gasteiger partial charge is 0.481 e. The number of hydrogen-bond donors (Lipinski definition) is 4. The first kappa shape index (κ1) is 19.5. The quantitative estimate of drug-likeness (QED) is 0.512. The van der Waals surface area contributed by atoms with Crippen LogP contribution in [-0.2, 0) is 11.3 Å². The van der Waals surface area contributed by atoms with Crippen molar-refractivity contribution < 1.29 is 9.90 Å². The molecular weight excluding hydrogens is 398 g/mol. The molecule has 3 rings (SSSR count). The molecule has 0 saturated carbocycles. The lowest BCUT2D eigenvalue weighted by Gasteiger charge is -2.12. The minimum atomic E-state index is -0.833. The van der Waals surface area contributed by atoms with Gasteiger partial charge in [-0.3, -0.25) is 4.79 Å². The summed E-state index contributed by atoms with van der Waals surface area (Å²) in [4.78, 5) is 17.3. The van der Waals surface area contributed by atoms with Crippen molar-refractivity contribution in [2.45, 2.75) is 20.4 Å². The molecule has 7 nitrogen and oxygen atoms in total. The number of fused-ring (bicyclic) bond motifs is 1.